The lowest BCUT2D eigenvalue weighted by molar-refractivity contribution is 0.632. The summed E-state index contributed by atoms with van der Waals surface area (Å²) in [5.41, 5.74) is 8.71. The molecule has 2 aromatic rings. The molecule has 0 aliphatic carbocycles. The molecule has 0 fully saturated rings. The third kappa shape index (κ3) is 2.14. The van der Waals surface area contributed by atoms with Gasteiger partial charge in [0.1, 0.15) is 5.82 Å². The fraction of sp³-hybridized carbons (Fsp3) is 0.0769. The lowest BCUT2D eigenvalue weighted by Gasteiger charge is -2.09. The van der Waals surface area contributed by atoms with Gasteiger partial charge in [-0.2, -0.15) is 0 Å². The molecule has 0 saturated carbocycles. The molecule has 0 amide bonds. The zero-order valence-electron chi connectivity index (χ0n) is 9.00. The number of halogens is 1. The molecule has 2 rings (SSSR count). The second kappa shape index (κ2) is 4.23. The SMILES string of the molecule is Cc1cc(Nc2ccccc2F)ccc1N. The maximum atomic E-state index is 13.4. The van der Waals surface area contributed by atoms with E-state index >= 15 is 0 Å². The summed E-state index contributed by atoms with van der Waals surface area (Å²) in [5.74, 6) is -0.267. The Balaban J connectivity index is 2.28. The Morgan fingerprint density at radius 3 is 2.56 bits per heavy atom. The van der Waals surface area contributed by atoms with Gasteiger partial charge in [0.05, 0.1) is 5.69 Å². The van der Waals surface area contributed by atoms with E-state index in [1.165, 1.54) is 6.07 Å². The number of aryl methyl sites for hydroxylation is 1. The molecule has 2 aromatic carbocycles. The van der Waals surface area contributed by atoms with Gasteiger partial charge >= 0.3 is 0 Å². The third-order valence-corrected chi connectivity index (χ3v) is 2.42. The first kappa shape index (κ1) is 10.5. The minimum atomic E-state index is -0.267. The fourth-order valence-electron chi connectivity index (χ4n) is 1.47. The molecule has 0 aliphatic heterocycles. The van der Waals surface area contributed by atoms with Crippen LogP contribution in [0.15, 0.2) is 42.5 Å². The predicted molar refractivity (Wildman–Crippen MR) is 65.3 cm³/mol. The van der Waals surface area contributed by atoms with Crippen molar-refractivity contribution in [2.24, 2.45) is 0 Å². The van der Waals surface area contributed by atoms with Crippen LogP contribution >= 0.6 is 0 Å². The molecule has 0 saturated heterocycles. The summed E-state index contributed by atoms with van der Waals surface area (Å²) in [7, 11) is 0. The first-order chi connectivity index (χ1) is 7.66. The average molecular weight is 216 g/mol. The Bertz CT molecular complexity index is 509. The van der Waals surface area contributed by atoms with Crippen LogP contribution in [0.4, 0.5) is 21.5 Å². The summed E-state index contributed by atoms with van der Waals surface area (Å²) in [6.07, 6.45) is 0. The lowest BCUT2D eigenvalue weighted by Crippen LogP contribution is -1.95. The highest BCUT2D eigenvalue weighted by Gasteiger charge is 2.01. The molecule has 3 N–H and O–H groups in total. The molecule has 0 radical (unpaired) electrons. The Morgan fingerprint density at radius 2 is 1.88 bits per heavy atom. The molecule has 0 spiro atoms. The second-order valence-corrected chi connectivity index (χ2v) is 3.68. The van der Waals surface area contributed by atoms with Crippen molar-refractivity contribution < 1.29 is 4.39 Å². The quantitative estimate of drug-likeness (QED) is 0.754. The number of hydrogen-bond donors (Lipinski definition) is 2. The summed E-state index contributed by atoms with van der Waals surface area (Å²) in [5, 5.41) is 3.01. The number of para-hydroxylation sites is 1. The van der Waals surface area contributed by atoms with E-state index in [0.29, 0.717) is 5.69 Å². The monoisotopic (exact) mass is 216 g/mol. The molecule has 0 bridgehead atoms. The van der Waals surface area contributed by atoms with Gasteiger partial charge in [-0.25, -0.2) is 4.39 Å². The van der Waals surface area contributed by atoms with Crippen LogP contribution in [0.2, 0.25) is 0 Å². The zero-order chi connectivity index (χ0) is 11.5. The highest BCUT2D eigenvalue weighted by Crippen LogP contribution is 2.22. The van der Waals surface area contributed by atoms with Gasteiger partial charge in [-0.3, -0.25) is 0 Å². The molecule has 2 nitrogen and oxygen atoms in total. The molecule has 0 atom stereocenters. The van der Waals surface area contributed by atoms with Gasteiger partial charge in [0.15, 0.2) is 0 Å². The summed E-state index contributed by atoms with van der Waals surface area (Å²) in [6.45, 7) is 1.92. The number of anilines is 3. The van der Waals surface area contributed by atoms with E-state index in [4.69, 9.17) is 5.73 Å². The van der Waals surface area contributed by atoms with Crippen LogP contribution in [-0.4, -0.2) is 0 Å². The van der Waals surface area contributed by atoms with Gasteiger partial charge in [0.25, 0.3) is 0 Å². The highest BCUT2D eigenvalue weighted by molar-refractivity contribution is 5.64. The van der Waals surface area contributed by atoms with Crippen LogP contribution in [-0.2, 0) is 0 Å². The van der Waals surface area contributed by atoms with Crippen LogP contribution in [0.25, 0.3) is 0 Å². The third-order valence-electron chi connectivity index (χ3n) is 2.42. The smallest absolute Gasteiger partial charge is 0.146 e. The van der Waals surface area contributed by atoms with Crippen molar-refractivity contribution in [3.05, 3.63) is 53.8 Å². The number of nitrogens with one attached hydrogen (secondary N) is 1. The van der Waals surface area contributed by atoms with Crippen LogP contribution in [0, 0.1) is 12.7 Å². The van der Waals surface area contributed by atoms with Gasteiger partial charge in [-0.1, -0.05) is 12.1 Å². The Kier molecular flexibility index (Phi) is 2.77. The van der Waals surface area contributed by atoms with Crippen molar-refractivity contribution in [1.29, 1.82) is 0 Å². The van der Waals surface area contributed by atoms with Gasteiger partial charge in [0, 0.05) is 11.4 Å². The average Bonchev–Trinajstić information content (AvgIpc) is 2.27. The number of nitrogens with two attached hydrogens (primary N) is 1. The van der Waals surface area contributed by atoms with Crippen molar-refractivity contribution in [3.8, 4) is 0 Å². The van der Waals surface area contributed by atoms with E-state index in [2.05, 4.69) is 5.32 Å². The summed E-state index contributed by atoms with van der Waals surface area (Å²) < 4.78 is 13.4. The first-order valence-corrected chi connectivity index (χ1v) is 5.04. The summed E-state index contributed by atoms with van der Waals surface area (Å²) in [6, 6.07) is 12.1. The molecular formula is C13H13FN2. The van der Waals surface area contributed by atoms with Crippen LogP contribution in [0.3, 0.4) is 0 Å². The predicted octanol–water partition coefficient (Wildman–Crippen LogP) is 3.46. The van der Waals surface area contributed by atoms with Crippen molar-refractivity contribution in [2.75, 3.05) is 11.1 Å². The maximum Gasteiger partial charge on any atom is 0.146 e. The number of nitrogen functional groups attached to an aromatic ring is 1. The van der Waals surface area contributed by atoms with Crippen molar-refractivity contribution >= 4 is 17.1 Å². The molecule has 82 valence electrons. The first-order valence-electron chi connectivity index (χ1n) is 5.04. The van der Waals surface area contributed by atoms with Crippen LogP contribution in [0.5, 0.6) is 0 Å². The normalized spacial score (nSPS) is 10.1. The van der Waals surface area contributed by atoms with Crippen molar-refractivity contribution in [1.82, 2.24) is 0 Å². The van der Waals surface area contributed by atoms with Crippen LogP contribution in [0.1, 0.15) is 5.56 Å². The van der Waals surface area contributed by atoms with Gasteiger partial charge in [0.2, 0.25) is 0 Å². The minimum Gasteiger partial charge on any atom is -0.399 e. The lowest BCUT2D eigenvalue weighted by atomic mass is 10.2. The van der Waals surface area contributed by atoms with E-state index in [0.717, 1.165) is 16.9 Å². The molecule has 0 aliphatic rings. The van der Waals surface area contributed by atoms with Crippen molar-refractivity contribution in [2.45, 2.75) is 6.92 Å². The molecule has 0 unspecified atom stereocenters. The van der Waals surface area contributed by atoms with Gasteiger partial charge in [-0.05, 0) is 42.8 Å². The minimum absolute atomic E-state index is 0.267. The summed E-state index contributed by atoms with van der Waals surface area (Å²) in [4.78, 5) is 0. The van der Waals surface area contributed by atoms with Crippen molar-refractivity contribution in [3.63, 3.8) is 0 Å². The Labute approximate surface area is 93.9 Å². The van der Waals surface area contributed by atoms with E-state index in [1.54, 1.807) is 24.3 Å². The van der Waals surface area contributed by atoms with E-state index in [1.807, 2.05) is 19.1 Å². The number of benzene rings is 2. The van der Waals surface area contributed by atoms with Gasteiger partial charge < -0.3 is 11.1 Å². The Hall–Kier alpha value is -2.03. The largest absolute Gasteiger partial charge is 0.399 e. The molecule has 0 aromatic heterocycles. The molecule has 3 heteroatoms. The molecule has 0 heterocycles. The standard InChI is InChI=1S/C13H13FN2/c1-9-8-10(6-7-12(9)15)16-13-5-3-2-4-11(13)14/h2-8,16H,15H2,1H3. The van der Waals surface area contributed by atoms with E-state index < -0.39 is 0 Å². The Morgan fingerprint density at radius 1 is 1.12 bits per heavy atom. The maximum absolute atomic E-state index is 13.4. The summed E-state index contributed by atoms with van der Waals surface area (Å²) >= 11 is 0. The van der Waals surface area contributed by atoms with E-state index in [-0.39, 0.29) is 5.82 Å². The second-order valence-electron chi connectivity index (χ2n) is 3.68. The van der Waals surface area contributed by atoms with E-state index in [9.17, 15) is 4.39 Å². The number of hydrogen-bond acceptors (Lipinski definition) is 2. The van der Waals surface area contributed by atoms with Crippen LogP contribution < -0.4 is 11.1 Å². The molecule has 16 heavy (non-hydrogen) atoms. The topological polar surface area (TPSA) is 38.0 Å². The molecular weight excluding hydrogens is 203 g/mol. The number of rotatable bonds is 2. The highest BCUT2D eigenvalue weighted by atomic mass is 19.1. The fourth-order valence-corrected chi connectivity index (χ4v) is 1.47. The zero-order valence-corrected chi connectivity index (χ0v) is 9.00. The van der Waals surface area contributed by atoms with Gasteiger partial charge in [-0.15, -0.1) is 0 Å².